The summed E-state index contributed by atoms with van der Waals surface area (Å²) >= 11 is 1.32. The maximum atomic E-state index is 12.5. The van der Waals surface area contributed by atoms with Gasteiger partial charge in [0.15, 0.2) is 18.9 Å². The summed E-state index contributed by atoms with van der Waals surface area (Å²) < 4.78 is 1.95. The molecule has 3 heterocycles. The zero-order chi connectivity index (χ0) is 21.4. The fourth-order valence-electron chi connectivity index (χ4n) is 3.92. The maximum Gasteiger partial charge on any atom is 0.353 e. The molecule has 152 valence electrons. The second kappa shape index (κ2) is 7.94. The Morgan fingerprint density at radius 1 is 1.33 bits per heavy atom. The smallest absolute Gasteiger partial charge is 0.353 e. The van der Waals surface area contributed by atoms with Gasteiger partial charge in [-0.15, -0.1) is 0 Å². The average Bonchev–Trinajstić information content (AvgIpc) is 3.04. The number of carboxylic acids is 1. The SMILES string of the molecule is C[C@@H](O)[C@H]1C(=O)N2C(C(=O)O)=C(c3ccccc3C[n+]3cccc(CC#N)c3)S[C@H]12. The number of carbonyl (C=O) groups is 2. The molecule has 7 nitrogen and oxygen atoms in total. The van der Waals surface area contributed by atoms with E-state index in [9.17, 15) is 19.8 Å². The number of aliphatic hydroxyl groups excluding tert-OH is 1. The molecule has 0 unspecified atom stereocenters. The molecule has 8 heteroatoms. The molecule has 0 bridgehead atoms. The Morgan fingerprint density at radius 2 is 2.10 bits per heavy atom. The van der Waals surface area contributed by atoms with Crippen LogP contribution in [0.5, 0.6) is 0 Å². The number of β-lactam (4-membered cyclic amide) rings is 1. The van der Waals surface area contributed by atoms with Crippen LogP contribution < -0.4 is 4.57 Å². The van der Waals surface area contributed by atoms with Crippen molar-refractivity contribution in [1.29, 1.82) is 5.26 Å². The van der Waals surface area contributed by atoms with Crippen LogP contribution in [0.1, 0.15) is 23.6 Å². The molecule has 30 heavy (non-hydrogen) atoms. The van der Waals surface area contributed by atoms with Crippen LogP contribution in [0.4, 0.5) is 0 Å². The number of hydrogen-bond donors (Lipinski definition) is 2. The number of carboxylic acid groups (broad SMARTS) is 1. The van der Waals surface area contributed by atoms with Gasteiger partial charge in [0.25, 0.3) is 0 Å². The minimum Gasteiger partial charge on any atom is -0.477 e. The van der Waals surface area contributed by atoms with Gasteiger partial charge in [0, 0.05) is 22.1 Å². The lowest BCUT2D eigenvalue weighted by Gasteiger charge is -2.43. The molecule has 4 rings (SSSR count). The predicted molar refractivity (Wildman–Crippen MR) is 109 cm³/mol. The molecular formula is C22H20N3O4S+. The first kappa shape index (κ1) is 20.1. The van der Waals surface area contributed by atoms with Gasteiger partial charge in [-0.1, -0.05) is 36.0 Å². The lowest BCUT2D eigenvalue weighted by atomic mass is 9.92. The van der Waals surface area contributed by atoms with Gasteiger partial charge in [-0.05, 0) is 18.6 Å². The lowest BCUT2D eigenvalue weighted by Crippen LogP contribution is -2.60. The van der Waals surface area contributed by atoms with E-state index in [2.05, 4.69) is 6.07 Å². The molecule has 2 aliphatic rings. The molecule has 2 aromatic rings. The van der Waals surface area contributed by atoms with Crippen LogP contribution in [0.15, 0.2) is 54.5 Å². The highest BCUT2D eigenvalue weighted by molar-refractivity contribution is 8.09. The predicted octanol–water partition coefficient (Wildman–Crippen LogP) is 1.75. The number of nitrogens with zero attached hydrogens (tertiary/aromatic N) is 3. The van der Waals surface area contributed by atoms with Crippen molar-refractivity contribution in [2.45, 2.75) is 31.4 Å². The molecule has 1 aromatic carbocycles. The number of aromatic nitrogens is 1. The first-order valence-electron chi connectivity index (χ1n) is 9.51. The Labute approximate surface area is 177 Å². The van der Waals surface area contributed by atoms with Crippen molar-refractivity contribution in [3.8, 4) is 6.07 Å². The van der Waals surface area contributed by atoms with Crippen LogP contribution in [0, 0.1) is 17.2 Å². The van der Waals surface area contributed by atoms with Crippen LogP contribution in [-0.2, 0) is 22.6 Å². The highest BCUT2D eigenvalue weighted by Gasteiger charge is 2.57. The Kier molecular flexibility index (Phi) is 5.33. The van der Waals surface area contributed by atoms with E-state index in [-0.39, 0.29) is 11.6 Å². The normalized spacial score (nSPS) is 21.1. The highest BCUT2D eigenvalue weighted by Crippen LogP contribution is 2.54. The van der Waals surface area contributed by atoms with Gasteiger partial charge in [0.2, 0.25) is 5.91 Å². The average molecular weight is 422 g/mol. The van der Waals surface area contributed by atoms with Gasteiger partial charge in [0.1, 0.15) is 11.1 Å². The summed E-state index contributed by atoms with van der Waals surface area (Å²) in [5, 5.41) is 28.3. The number of aliphatic hydroxyl groups is 1. The number of rotatable bonds is 6. The number of carbonyl (C=O) groups excluding carboxylic acids is 1. The molecule has 0 radical (unpaired) electrons. The van der Waals surface area contributed by atoms with E-state index in [0.717, 1.165) is 16.7 Å². The van der Waals surface area contributed by atoms with E-state index in [0.29, 0.717) is 17.9 Å². The molecule has 1 saturated heterocycles. The van der Waals surface area contributed by atoms with Gasteiger partial charge < -0.3 is 10.2 Å². The summed E-state index contributed by atoms with van der Waals surface area (Å²) in [7, 11) is 0. The summed E-state index contributed by atoms with van der Waals surface area (Å²) in [5.74, 6) is -2.12. The largest absolute Gasteiger partial charge is 0.477 e. The van der Waals surface area contributed by atoms with E-state index >= 15 is 0 Å². The standard InChI is InChI=1S/C22H19N3O4S/c1-13(26)17-20(27)25-18(22(28)29)19(30-21(17)25)16-7-3-2-6-15(16)12-24-10-4-5-14(11-24)8-9-23/h2-7,10-11,13,17,21,26H,8,12H2,1H3/p+1/t13-,17+,21-/m1/s1. The van der Waals surface area contributed by atoms with E-state index < -0.39 is 23.4 Å². The van der Waals surface area contributed by atoms with E-state index in [1.807, 2.05) is 53.4 Å². The second-order valence-corrected chi connectivity index (χ2v) is 8.47. The van der Waals surface area contributed by atoms with E-state index in [1.54, 1.807) is 6.92 Å². The fraction of sp³-hybridized carbons (Fsp3) is 0.273. The van der Waals surface area contributed by atoms with Gasteiger partial charge >= 0.3 is 5.97 Å². The minimum atomic E-state index is -1.16. The summed E-state index contributed by atoms with van der Waals surface area (Å²) in [5.41, 5.74) is 2.53. The number of pyridine rings is 1. The fourth-order valence-corrected chi connectivity index (χ4v) is 5.59. The molecule has 2 N–H and O–H groups in total. The van der Waals surface area contributed by atoms with Crippen molar-refractivity contribution >= 4 is 28.5 Å². The minimum absolute atomic E-state index is 0.0254. The highest BCUT2D eigenvalue weighted by atomic mass is 32.2. The summed E-state index contributed by atoms with van der Waals surface area (Å²) in [6.45, 7) is 2.04. The number of nitriles is 1. The molecule has 1 aromatic heterocycles. The monoisotopic (exact) mass is 422 g/mol. The van der Waals surface area contributed by atoms with Crippen LogP contribution in [0.25, 0.3) is 4.91 Å². The second-order valence-electron chi connectivity index (χ2n) is 7.34. The summed E-state index contributed by atoms with van der Waals surface area (Å²) in [6, 6.07) is 13.4. The zero-order valence-electron chi connectivity index (χ0n) is 16.2. The van der Waals surface area contributed by atoms with Crippen molar-refractivity contribution in [2.75, 3.05) is 0 Å². The Bertz CT molecular complexity index is 1110. The molecule has 0 saturated carbocycles. The quantitative estimate of drug-likeness (QED) is 0.543. The number of hydrogen-bond acceptors (Lipinski definition) is 5. The van der Waals surface area contributed by atoms with Crippen molar-refractivity contribution in [3.63, 3.8) is 0 Å². The Hall–Kier alpha value is -3.15. The molecular weight excluding hydrogens is 402 g/mol. The molecule has 0 spiro atoms. The number of amides is 1. The third-order valence-corrected chi connectivity index (χ3v) is 6.71. The van der Waals surface area contributed by atoms with Gasteiger partial charge in [-0.3, -0.25) is 9.69 Å². The Balaban J connectivity index is 1.72. The summed E-state index contributed by atoms with van der Waals surface area (Å²) in [6.07, 6.45) is 3.27. The van der Waals surface area contributed by atoms with Gasteiger partial charge in [0.05, 0.1) is 24.5 Å². The number of fused-ring (bicyclic) bond motifs is 1. The van der Waals surface area contributed by atoms with Crippen molar-refractivity contribution < 1.29 is 24.4 Å². The molecule has 3 atom stereocenters. The first-order chi connectivity index (χ1) is 14.4. The van der Waals surface area contributed by atoms with Crippen LogP contribution in [0.3, 0.4) is 0 Å². The van der Waals surface area contributed by atoms with Gasteiger partial charge in [-0.25, -0.2) is 9.36 Å². The van der Waals surface area contributed by atoms with Gasteiger partial charge in [-0.2, -0.15) is 5.26 Å². The number of benzene rings is 1. The molecule has 2 aliphatic heterocycles. The third-order valence-electron chi connectivity index (χ3n) is 5.32. The van der Waals surface area contributed by atoms with Crippen molar-refractivity contribution in [1.82, 2.24) is 4.90 Å². The first-order valence-corrected chi connectivity index (χ1v) is 10.4. The van der Waals surface area contributed by atoms with Crippen molar-refractivity contribution in [2.24, 2.45) is 5.92 Å². The molecule has 0 aliphatic carbocycles. The van der Waals surface area contributed by atoms with E-state index in [1.165, 1.54) is 16.7 Å². The van der Waals surface area contributed by atoms with Crippen molar-refractivity contribution in [3.05, 3.63) is 71.2 Å². The topological polar surface area (TPSA) is 106 Å². The van der Waals surface area contributed by atoms with E-state index in [4.69, 9.17) is 5.26 Å². The lowest BCUT2D eigenvalue weighted by molar-refractivity contribution is -0.688. The number of aliphatic carboxylic acids is 1. The Morgan fingerprint density at radius 3 is 2.80 bits per heavy atom. The molecule has 1 fully saturated rings. The third kappa shape index (κ3) is 3.36. The van der Waals surface area contributed by atoms with Crippen LogP contribution in [0.2, 0.25) is 0 Å². The zero-order valence-corrected chi connectivity index (χ0v) is 17.0. The van der Waals surface area contributed by atoms with Crippen LogP contribution in [-0.4, -0.2) is 38.5 Å². The summed E-state index contributed by atoms with van der Waals surface area (Å²) in [4.78, 5) is 26.3. The number of thioether (sulfide) groups is 1. The maximum absolute atomic E-state index is 12.5. The van der Waals surface area contributed by atoms with Crippen LogP contribution >= 0.6 is 11.8 Å². The molecule has 1 amide bonds.